The van der Waals surface area contributed by atoms with Crippen LogP contribution >= 0.6 is 11.6 Å². The van der Waals surface area contributed by atoms with Gasteiger partial charge in [-0.05, 0) is 24.3 Å². The highest BCUT2D eigenvalue weighted by atomic mass is 35.5. The first-order chi connectivity index (χ1) is 10.0. The van der Waals surface area contributed by atoms with Gasteiger partial charge in [0.2, 0.25) is 0 Å². The fourth-order valence-corrected chi connectivity index (χ4v) is 1.86. The largest absolute Gasteiger partial charge is 0.465 e. The van der Waals surface area contributed by atoms with Crippen molar-refractivity contribution < 1.29 is 14.3 Å². The lowest BCUT2D eigenvalue weighted by molar-refractivity contribution is 0.0601. The van der Waals surface area contributed by atoms with Crippen LogP contribution in [0.1, 0.15) is 20.8 Å². The van der Waals surface area contributed by atoms with E-state index in [-0.39, 0.29) is 16.4 Å². The minimum absolute atomic E-state index is 0.126. The highest BCUT2D eigenvalue weighted by Crippen LogP contribution is 2.21. The molecule has 0 atom stereocenters. The van der Waals surface area contributed by atoms with Crippen LogP contribution < -0.4 is 4.90 Å². The van der Waals surface area contributed by atoms with Crippen molar-refractivity contribution >= 4 is 29.2 Å². The molecule has 108 valence electrons. The molecule has 0 aliphatic carbocycles. The number of esters is 1. The average molecular weight is 306 g/mol. The summed E-state index contributed by atoms with van der Waals surface area (Å²) in [5.74, 6) is -0.928. The molecule has 0 saturated carbocycles. The second kappa shape index (κ2) is 6.32. The molecule has 21 heavy (non-hydrogen) atoms. The maximum atomic E-state index is 12.3. The van der Waals surface area contributed by atoms with Gasteiger partial charge in [-0.3, -0.25) is 4.79 Å². The average Bonchev–Trinajstić information content (AvgIpc) is 2.53. The van der Waals surface area contributed by atoms with Gasteiger partial charge in [-0.15, -0.1) is 10.2 Å². The van der Waals surface area contributed by atoms with E-state index in [0.717, 1.165) is 0 Å². The predicted molar refractivity (Wildman–Crippen MR) is 77.6 cm³/mol. The zero-order chi connectivity index (χ0) is 15.4. The van der Waals surface area contributed by atoms with Crippen LogP contribution in [0.2, 0.25) is 5.15 Å². The van der Waals surface area contributed by atoms with Crippen LogP contribution in [-0.4, -0.2) is 36.2 Å². The van der Waals surface area contributed by atoms with E-state index >= 15 is 0 Å². The number of ether oxygens (including phenoxy) is 1. The molecule has 6 nitrogen and oxygen atoms in total. The summed E-state index contributed by atoms with van der Waals surface area (Å²) in [6.07, 6.45) is 0. The molecular formula is C14H12ClN3O3. The normalized spacial score (nSPS) is 10.0. The van der Waals surface area contributed by atoms with Crippen molar-refractivity contribution in [1.82, 2.24) is 10.2 Å². The number of anilines is 1. The van der Waals surface area contributed by atoms with E-state index in [4.69, 9.17) is 16.3 Å². The Labute approximate surface area is 126 Å². The summed E-state index contributed by atoms with van der Waals surface area (Å²) in [5, 5.41) is 7.55. The lowest BCUT2D eigenvalue weighted by Crippen LogP contribution is -2.29. The number of rotatable bonds is 3. The summed E-state index contributed by atoms with van der Waals surface area (Å²) < 4.78 is 4.71. The first-order valence-corrected chi connectivity index (χ1v) is 6.37. The maximum Gasteiger partial charge on any atom is 0.339 e. The second-order valence-electron chi connectivity index (χ2n) is 4.11. The summed E-state index contributed by atoms with van der Waals surface area (Å²) in [4.78, 5) is 25.4. The van der Waals surface area contributed by atoms with Crippen LogP contribution in [0, 0.1) is 0 Å². The Morgan fingerprint density at radius 2 is 1.86 bits per heavy atom. The van der Waals surface area contributed by atoms with Crippen LogP contribution in [0.4, 0.5) is 5.69 Å². The molecule has 7 heteroatoms. The third kappa shape index (κ3) is 3.17. The minimum atomic E-state index is -0.521. The van der Waals surface area contributed by atoms with E-state index in [2.05, 4.69) is 10.2 Å². The number of halogens is 1. The molecule has 0 fully saturated rings. The Morgan fingerprint density at radius 3 is 2.48 bits per heavy atom. The van der Waals surface area contributed by atoms with Gasteiger partial charge in [-0.2, -0.15) is 0 Å². The molecule has 2 rings (SSSR count). The summed E-state index contributed by atoms with van der Waals surface area (Å²) in [6.45, 7) is 0. The van der Waals surface area contributed by atoms with Crippen molar-refractivity contribution in [1.29, 1.82) is 0 Å². The molecule has 2 aromatic rings. The SMILES string of the molecule is COC(=O)c1ccccc1N(C)C(=O)c1ccc(Cl)nn1. The standard InChI is InChI=1S/C14H12ClN3O3/c1-18(13(19)10-7-8-12(15)17-16-10)11-6-4-3-5-9(11)14(20)21-2/h3-8H,1-2H3. The fraction of sp³-hybridized carbons (Fsp3) is 0.143. The van der Waals surface area contributed by atoms with E-state index < -0.39 is 11.9 Å². The lowest BCUT2D eigenvalue weighted by Gasteiger charge is -2.19. The molecule has 1 amide bonds. The number of hydrogen-bond donors (Lipinski definition) is 0. The molecule has 0 aliphatic rings. The van der Waals surface area contributed by atoms with Crippen LogP contribution in [0.25, 0.3) is 0 Å². The fourth-order valence-electron chi connectivity index (χ4n) is 1.76. The highest BCUT2D eigenvalue weighted by Gasteiger charge is 2.20. The van der Waals surface area contributed by atoms with Gasteiger partial charge in [0.05, 0.1) is 18.4 Å². The third-order valence-corrected chi connectivity index (χ3v) is 3.03. The summed E-state index contributed by atoms with van der Waals surface area (Å²) in [6, 6.07) is 9.58. The number of carbonyl (C=O) groups excluding carboxylic acids is 2. The summed E-state index contributed by atoms with van der Waals surface area (Å²) in [5.41, 5.74) is 0.838. The molecule has 1 heterocycles. The van der Waals surface area contributed by atoms with Gasteiger partial charge in [-0.1, -0.05) is 23.7 Å². The zero-order valence-electron chi connectivity index (χ0n) is 11.4. The van der Waals surface area contributed by atoms with E-state index in [0.29, 0.717) is 5.69 Å². The van der Waals surface area contributed by atoms with E-state index in [1.165, 1.54) is 24.1 Å². The van der Waals surface area contributed by atoms with Crippen LogP contribution in [0.5, 0.6) is 0 Å². The van der Waals surface area contributed by atoms with Gasteiger partial charge in [0.25, 0.3) is 5.91 Å². The molecule has 1 aromatic carbocycles. The number of aromatic nitrogens is 2. The molecule has 0 radical (unpaired) electrons. The van der Waals surface area contributed by atoms with Crippen molar-refractivity contribution in [2.75, 3.05) is 19.1 Å². The lowest BCUT2D eigenvalue weighted by atomic mass is 10.1. The van der Waals surface area contributed by atoms with Gasteiger partial charge in [0, 0.05) is 7.05 Å². The number of amides is 1. The number of nitrogens with zero attached hydrogens (tertiary/aromatic N) is 3. The first-order valence-electron chi connectivity index (χ1n) is 5.99. The molecule has 0 spiro atoms. The van der Waals surface area contributed by atoms with Crippen LogP contribution in [0.15, 0.2) is 36.4 Å². The molecule has 0 bridgehead atoms. The number of methoxy groups -OCH3 is 1. The summed E-state index contributed by atoms with van der Waals surface area (Å²) in [7, 11) is 2.83. The molecule has 0 saturated heterocycles. The van der Waals surface area contributed by atoms with Gasteiger partial charge in [0.15, 0.2) is 10.8 Å². The Hall–Kier alpha value is -2.47. The smallest absolute Gasteiger partial charge is 0.339 e. The Bertz CT molecular complexity index is 673. The Kier molecular flexibility index (Phi) is 4.49. The molecule has 0 N–H and O–H groups in total. The van der Waals surface area contributed by atoms with Gasteiger partial charge >= 0.3 is 5.97 Å². The molecular weight excluding hydrogens is 294 g/mol. The Balaban J connectivity index is 2.36. The highest BCUT2D eigenvalue weighted by molar-refractivity contribution is 6.29. The first kappa shape index (κ1) is 14.9. The van der Waals surface area contributed by atoms with Gasteiger partial charge in [-0.25, -0.2) is 4.79 Å². The minimum Gasteiger partial charge on any atom is -0.465 e. The Morgan fingerprint density at radius 1 is 1.14 bits per heavy atom. The molecule has 1 aromatic heterocycles. The third-order valence-electron chi connectivity index (χ3n) is 2.83. The van der Waals surface area contributed by atoms with Crippen molar-refractivity contribution in [3.63, 3.8) is 0 Å². The zero-order valence-corrected chi connectivity index (χ0v) is 12.2. The number of carbonyl (C=O) groups is 2. The van der Waals surface area contributed by atoms with E-state index in [9.17, 15) is 9.59 Å². The van der Waals surface area contributed by atoms with E-state index in [1.54, 1.807) is 31.3 Å². The van der Waals surface area contributed by atoms with E-state index in [1.807, 2.05) is 0 Å². The van der Waals surface area contributed by atoms with Crippen molar-refractivity contribution in [2.45, 2.75) is 0 Å². The van der Waals surface area contributed by atoms with Gasteiger partial charge < -0.3 is 9.64 Å². The van der Waals surface area contributed by atoms with Crippen molar-refractivity contribution in [3.05, 3.63) is 52.8 Å². The van der Waals surface area contributed by atoms with Crippen LogP contribution in [-0.2, 0) is 4.74 Å². The quantitative estimate of drug-likeness (QED) is 0.813. The molecule has 0 aliphatic heterocycles. The second-order valence-corrected chi connectivity index (χ2v) is 4.50. The topological polar surface area (TPSA) is 72.4 Å². The predicted octanol–water partition coefficient (Wildman–Crippen LogP) is 2.19. The number of benzene rings is 1. The van der Waals surface area contributed by atoms with Crippen LogP contribution in [0.3, 0.4) is 0 Å². The number of para-hydroxylation sites is 1. The summed E-state index contributed by atoms with van der Waals surface area (Å²) >= 11 is 5.64. The van der Waals surface area contributed by atoms with Gasteiger partial charge in [0.1, 0.15) is 0 Å². The monoisotopic (exact) mass is 305 g/mol. The maximum absolute atomic E-state index is 12.3. The van der Waals surface area contributed by atoms with Crippen molar-refractivity contribution in [3.8, 4) is 0 Å². The van der Waals surface area contributed by atoms with Crippen molar-refractivity contribution in [2.24, 2.45) is 0 Å². The number of hydrogen-bond acceptors (Lipinski definition) is 5. The molecule has 0 unspecified atom stereocenters.